The van der Waals surface area contributed by atoms with E-state index in [-0.39, 0.29) is 23.8 Å². The third-order valence-electron chi connectivity index (χ3n) is 5.11. The van der Waals surface area contributed by atoms with Crippen molar-refractivity contribution < 1.29 is 14.4 Å². The number of amides is 3. The highest BCUT2D eigenvalue weighted by Gasteiger charge is 2.31. The van der Waals surface area contributed by atoms with Crippen LogP contribution in [0.5, 0.6) is 0 Å². The minimum Gasteiger partial charge on any atom is -0.350 e. The van der Waals surface area contributed by atoms with Crippen molar-refractivity contribution in [2.45, 2.75) is 52.0 Å². The number of rotatable bonds is 6. The van der Waals surface area contributed by atoms with Crippen LogP contribution < -0.4 is 10.6 Å². The smallest absolute Gasteiger partial charge is 0.251 e. The summed E-state index contributed by atoms with van der Waals surface area (Å²) in [5, 5.41) is 5.86. The average Bonchev–Trinajstić information content (AvgIpc) is 2.57. The average molecular weight is 357 g/mol. The van der Waals surface area contributed by atoms with Gasteiger partial charge in [0.25, 0.3) is 5.91 Å². The molecule has 3 rings (SSSR count). The van der Waals surface area contributed by atoms with Crippen molar-refractivity contribution in [1.29, 1.82) is 0 Å². The van der Waals surface area contributed by atoms with Gasteiger partial charge in [0, 0.05) is 43.2 Å². The zero-order valence-corrected chi connectivity index (χ0v) is 15.5. The molecule has 0 radical (unpaired) electrons. The second kappa shape index (κ2) is 7.89. The lowest BCUT2D eigenvalue weighted by Crippen LogP contribution is -2.51. The largest absolute Gasteiger partial charge is 0.350 e. The van der Waals surface area contributed by atoms with Crippen molar-refractivity contribution >= 4 is 23.4 Å². The summed E-state index contributed by atoms with van der Waals surface area (Å²) >= 11 is 0. The van der Waals surface area contributed by atoms with E-state index in [2.05, 4.69) is 10.6 Å². The molecule has 1 unspecified atom stereocenters. The third-order valence-corrected chi connectivity index (χ3v) is 5.11. The molecule has 2 aliphatic heterocycles. The molecule has 2 N–H and O–H groups in total. The fraction of sp³-hybridized carbons (Fsp3) is 0.550. The molecule has 26 heavy (non-hydrogen) atoms. The van der Waals surface area contributed by atoms with Crippen LogP contribution >= 0.6 is 0 Å². The van der Waals surface area contributed by atoms with Crippen LogP contribution in [0.1, 0.15) is 55.5 Å². The molecule has 2 heterocycles. The van der Waals surface area contributed by atoms with Crippen LogP contribution in [0.2, 0.25) is 0 Å². The van der Waals surface area contributed by atoms with Gasteiger partial charge in [0.15, 0.2) is 0 Å². The predicted octanol–water partition coefficient (Wildman–Crippen LogP) is 2.34. The van der Waals surface area contributed by atoms with Gasteiger partial charge in [0.1, 0.15) is 0 Å². The maximum atomic E-state index is 12.5. The molecule has 6 heteroatoms. The number of anilines is 1. The minimum absolute atomic E-state index is 0.00409. The van der Waals surface area contributed by atoms with Gasteiger partial charge < -0.3 is 15.5 Å². The maximum Gasteiger partial charge on any atom is 0.251 e. The molecule has 2 aliphatic rings. The first kappa shape index (κ1) is 18.4. The molecule has 1 saturated heterocycles. The molecule has 0 bridgehead atoms. The number of carbonyl (C=O) groups excluding carboxylic acids is 3. The molecule has 1 aromatic carbocycles. The first-order valence-electron chi connectivity index (χ1n) is 9.47. The van der Waals surface area contributed by atoms with E-state index in [4.69, 9.17) is 0 Å². The number of nitrogens with zero attached hydrogens (tertiary/aromatic N) is 1. The zero-order valence-electron chi connectivity index (χ0n) is 15.5. The van der Waals surface area contributed by atoms with Crippen LogP contribution in [-0.4, -0.2) is 41.8 Å². The van der Waals surface area contributed by atoms with Crippen LogP contribution in [0.4, 0.5) is 5.69 Å². The summed E-state index contributed by atoms with van der Waals surface area (Å²) in [5.74, 6) is 0.555. The Bertz CT molecular complexity index is 710. The van der Waals surface area contributed by atoms with E-state index < -0.39 is 0 Å². The Kier molecular flexibility index (Phi) is 5.59. The number of nitrogens with one attached hydrogen (secondary N) is 2. The van der Waals surface area contributed by atoms with Gasteiger partial charge in [-0.15, -0.1) is 0 Å². The molecule has 140 valence electrons. The van der Waals surface area contributed by atoms with Crippen molar-refractivity contribution in [3.63, 3.8) is 0 Å². The lowest BCUT2D eigenvalue weighted by molar-refractivity contribution is -0.137. The Hall–Kier alpha value is -2.37. The van der Waals surface area contributed by atoms with Gasteiger partial charge in [-0.05, 0) is 49.8 Å². The van der Waals surface area contributed by atoms with Crippen molar-refractivity contribution in [3.8, 4) is 0 Å². The fourth-order valence-corrected chi connectivity index (χ4v) is 3.67. The molecule has 1 atom stereocenters. The van der Waals surface area contributed by atoms with Crippen LogP contribution in [-0.2, 0) is 16.0 Å². The first-order valence-corrected chi connectivity index (χ1v) is 9.47. The van der Waals surface area contributed by atoms with E-state index in [1.165, 1.54) is 0 Å². The van der Waals surface area contributed by atoms with Crippen LogP contribution in [0, 0.1) is 5.92 Å². The van der Waals surface area contributed by atoms with E-state index >= 15 is 0 Å². The fourth-order valence-electron chi connectivity index (χ4n) is 3.67. The molecular weight excluding hydrogens is 330 g/mol. The molecule has 1 aromatic rings. The lowest BCUT2D eigenvalue weighted by Gasteiger charge is -2.40. The summed E-state index contributed by atoms with van der Waals surface area (Å²) in [6, 6.07) is 5.52. The Morgan fingerprint density at radius 2 is 2.08 bits per heavy atom. The summed E-state index contributed by atoms with van der Waals surface area (Å²) in [5.41, 5.74) is 2.37. The highest BCUT2D eigenvalue weighted by Crippen LogP contribution is 2.24. The van der Waals surface area contributed by atoms with Crippen molar-refractivity contribution in [2.75, 3.05) is 18.4 Å². The van der Waals surface area contributed by atoms with Crippen molar-refractivity contribution in [2.24, 2.45) is 5.92 Å². The van der Waals surface area contributed by atoms with E-state index in [9.17, 15) is 14.4 Å². The highest BCUT2D eigenvalue weighted by molar-refractivity contribution is 5.99. The predicted molar refractivity (Wildman–Crippen MR) is 99.9 cm³/mol. The summed E-state index contributed by atoms with van der Waals surface area (Å²) in [6.07, 6.45) is 3.58. The lowest BCUT2D eigenvalue weighted by atomic mass is 9.92. The number of hydrogen-bond acceptors (Lipinski definition) is 3. The number of carbonyl (C=O) groups is 3. The second-order valence-electron chi connectivity index (χ2n) is 7.45. The molecule has 3 amide bonds. The van der Waals surface area contributed by atoms with Gasteiger partial charge >= 0.3 is 0 Å². The summed E-state index contributed by atoms with van der Waals surface area (Å²) < 4.78 is 0. The molecular formula is C20H27N3O3. The summed E-state index contributed by atoms with van der Waals surface area (Å²) in [7, 11) is 0. The number of fused-ring (bicyclic) bond motifs is 1. The second-order valence-corrected chi connectivity index (χ2v) is 7.45. The van der Waals surface area contributed by atoms with Gasteiger partial charge in [-0.3, -0.25) is 14.4 Å². The van der Waals surface area contributed by atoms with Gasteiger partial charge in [-0.1, -0.05) is 13.0 Å². The summed E-state index contributed by atoms with van der Waals surface area (Å²) in [4.78, 5) is 37.7. The number of benzene rings is 1. The molecule has 1 fully saturated rings. The van der Waals surface area contributed by atoms with Gasteiger partial charge in [-0.25, -0.2) is 0 Å². The Morgan fingerprint density at radius 1 is 1.31 bits per heavy atom. The first-order chi connectivity index (χ1) is 12.5. The monoisotopic (exact) mass is 357 g/mol. The summed E-state index contributed by atoms with van der Waals surface area (Å²) in [6.45, 7) is 5.60. The van der Waals surface area contributed by atoms with Gasteiger partial charge in [0.2, 0.25) is 11.8 Å². The SMILES string of the molecule is CCCC(=O)N1CC(CC(C)NC(=O)c2ccc3c(c2)NC(=O)CC3)C1. The van der Waals surface area contributed by atoms with Crippen molar-refractivity contribution in [3.05, 3.63) is 29.3 Å². The quantitative estimate of drug-likeness (QED) is 0.820. The highest BCUT2D eigenvalue weighted by atomic mass is 16.2. The van der Waals surface area contributed by atoms with E-state index in [0.29, 0.717) is 30.7 Å². The number of likely N-dealkylation sites (tertiary alicyclic amines) is 1. The third kappa shape index (κ3) is 4.23. The van der Waals surface area contributed by atoms with E-state index in [0.717, 1.165) is 37.2 Å². The number of hydrogen-bond donors (Lipinski definition) is 2. The van der Waals surface area contributed by atoms with E-state index in [1.54, 1.807) is 6.07 Å². The van der Waals surface area contributed by atoms with Gasteiger partial charge in [-0.2, -0.15) is 0 Å². The molecule has 0 saturated carbocycles. The number of aryl methyl sites for hydroxylation is 1. The van der Waals surface area contributed by atoms with Crippen LogP contribution in [0.3, 0.4) is 0 Å². The Labute approximate surface area is 154 Å². The van der Waals surface area contributed by atoms with Crippen LogP contribution in [0.15, 0.2) is 18.2 Å². The van der Waals surface area contributed by atoms with Crippen LogP contribution in [0.25, 0.3) is 0 Å². The van der Waals surface area contributed by atoms with Crippen molar-refractivity contribution in [1.82, 2.24) is 10.2 Å². The normalized spacial score (nSPS) is 17.8. The maximum absolute atomic E-state index is 12.5. The molecule has 6 nitrogen and oxygen atoms in total. The zero-order chi connectivity index (χ0) is 18.7. The standard InChI is InChI=1S/C20H27N3O3/c1-3-4-19(25)23-11-14(12-23)9-13(2)21-20(26)16-6-5-15-7-8-18(24)22-17(15)10-16/h5-6,10,13-14H,3-4,7-9,11-12H2,1-2H3,(H,21,26)(H,22,24). The molecule has 0 aromatic heterocycles. The van der Waals surface area contributed by atoms with E-state index in [1.807, 2.05) is 30.9 Å². The minimum atomic E-state index is -0.127. The molecule has 0 spiro atoms. The Morgan fingerprint density at radius 3 is 2.81 bits per heavy atom. The van der Waals surface area contributed by atoms with Gasteiger partial charge in [0.05, 0.1) is 0 Å². The Balaban J connectivity index is 1.49. The topological polar surface area (TPSA) is 78.5 Å². The molecule has 0 aliphatic carbocycles.